The van der Waals surface area contributed by atoms with Gasteiger partial charge < -0.3 is 29.9 Å². The van der Waals surface area contributed by atoms with Crippen molar-refractivity contribution in [2.75, 3.05) is 26.4 Å². The predicted octanol–water partition coefficient (Wildman–Crippen LogP) is 9.39. The minimum Gasteiger partial charge on any atom is -0.463 e. The summed E-state index contributed by atoms with van der Waals surface area (Å²) in [5.74, 6) is -0.628. The number of hydrogen-bond donors (Lipinski definition) is 4. The number of unbranched alkanes of at least 4 members (excludes halogenated alkanes) is 16. The normalized spacial score (nSPS) is 12.4. The number of carbonyl (C=O) groups excluding carboxylic acids is 2. The molecule has 0 aromatic carbocycles. The molecule has 0 amide bonds. The minimum absolute atomic E-state index is 0.115. The smallest absolute Gasteiger partial charge is 0.306 e. The van der Waals surface area contributed by atoms with Crippen molar-refractivity contribution in [2.24, 2.45) is 0 Å². The molecular weight excluding hydrogens is 632 g/mol. The molecule has 292 valence electrons. The average molecular weight is 709 g/mol. The van der Waals surface area contributed by atoms with Gasteiger partial charge in [0, 0.05) is 12.8 Å². The van der Waals surface area contributed by atoms with Crippen molar-refractivity contribution in [3.8, 4) is 0 Å². The monoisotopic (exact) mass is 709 g/mol. The number of ether oxygens (including phenoxy) is 2. The molecule has 1 unspecified atom stereocenters. The van der Waals surface area contributed by atoms with E-state index < -0.39 is 12.2 Å². The maximum absolute atomic E-state index is 11.4. The molecule has 0 rings (SSSR count). The first-order valence-electron chi connectivity index (χ1n) is 19.9. The summed E-state index contributed by atoms with van der Waals surface area (Å²) in [5, 5.41) is 35.4. The molecule has 8 nitrogen and oxygen atoms in total. The Hall–Kier alpha value is -2.26. The standard InChI is InChI=1S/2C21H38O4/c1-2-3-4-5-6-7-8-9-10-11-12-13-14-15-16-17-21(24)25-19-20(23)18-22;1-2-3-4-5-6-7-8-9-10-11-12-13-14-15-16-17-21(24)25-20(18-22)19-23/h2*6-7,9-10,20,22-23H,2-5,8,11-19H2,1H3/b2*7-6-,10-9-. The van der Waals surface area contributed by atoms with Gasteiger partial charge in [-0.2, -0.15) is 0 Å². The van der Waals surface area contributed by atoms with E-state index in [0.717, 1.165) is 64.2 Å². The van der Waals surface area contributed by atoms with E-state index in [-0.39, 0.29) is 38.4 Å². The molecule has 0 heterocycles. The highest BCUT2D eigenvalue weighted by molar-refractivity contribution is 5.69. The van der Waals surface area contributed by atoms with Gasteiger partial charge in [-0.25, -0.2) is 0 Å². The molecule has 0 aliphatic rings. The zero-order valence-electron chi connectivity index (χ0n) is 32.0. The molecule has 0 fully saturated rings. The van der Waals surface area contributed by atoms with E-state index >= 15 is 0 Å². The van der Waals surface area contributed by atoms with Crippen LogP contribution in [0.5, 0.6) is 0 Å². The Morgan fingerprint density at radius 1 is 0.500 bits per heavy atom. The van der Waals surface area contributed by atoms with Gasteiger partial charge in [-0.05, 0) is 77.0 Å². The van der Waals surface area contributed by atoms with E-state index in [2.05, 4.69) is 62.5 Å². The number of esters is 2. The van der Waals surface area contributed by atoms with E-state index in [1.165, 1.54) is 77.0 Å². The molecule has 0 saturated heterocycles. The van der Waals surface area contributed by atoms with Gasteiger partial charge in [-0.3, -0.25) is 9.59 Å². The van der Waals surface area contributed by atoms with Gasteiger partial charge in [-0.1, -0.05) is 127 Å². The number of rotatable bonds is 34. The average Bonchev–Trinajstić information content (AvgIpc) is 3.13. The predicted molar refractivity (Wildman–Crippen MR) is 207 cm³/mol. The van der Waals surface area contributed by atoms with Crippen LogP contribution in [0.15, 0.2) is 48.6 Å². The first-order valence-corrected chi connectivity index (χ1v) is 19.9. The van der Waals surface area contributed by atoms with E-state index in [9.17, 15) is 9.59 Å². The largest absolute Gasteiger partial charge is 0.463 e. The molecule has 0 aliphatic carbocycles. The molecular formula is C42H76O8. The fourth-order valence-corrected chi connectivity index (χ4v) is 4.85. The number of aliphatic hydroxyl groups is 4. The zero-order chi connectivity index (χ0) is 37.2. The lowest BCUT2D eigenvalue weighted by Crippen LogP contribution is -2.25. The number of hydrogen-bond acceptors (Lipinski definition) is 8. The van der Waals surface area contributed by atoms with Crippen LogP contribution in [0.25, 0.3) is 0 Å². The quantitative estimate of drug-likeness (QED) is 0.0295. The van der Waals surface area contributed by atoms with Crippen molar-refractivity contribution >= 4 is 11.9 Å². The Kier molecular flexibility index (Phi) is 42.8. The van der Waals surface area contributed by atoms with Gasteiger partial charge >= 0.3 is 11.9 Å². The van der Waals surface area contributed by atoms with Gasteiger partial charge in [-0.15, -0.1) is 0 Å². The lowest BCUT2D eigenvalue weighted by Gasteiger charge is -2.12. The molecule has 8 heteroatoms. The third-order valence-corrected chi connectivity index (χ3v) is 8.02. The van der Waals surface area contributed by atoms with Crippen LogP contribution in [0.4, 0.5) is 0 Å². The summed E-state index contributed by atoms with van der Waals surface area (Å²) in [6.07, 6.45) is 42.4. The highest BCUT2D eigenvalue weighted by Gasteiger charge is 2.11. The van der Waals surface area contributed by atoms with Crippen LogP contribution in [0.2, 0.25) is 0 Å². The Bertz CT molecular complexity index is 832. The Labute approximate surface area is 306 Å². The second-order valence-electron chi connectivity index (χ2n) is 13.0. The van der Waals surface area contributed by atoms with Crippen LogP contribution in [0.1, 0.15) is 168 Å². The van der Waals surface area contributed by atoms with Crippen molar-refractivity contribution in [1.82, 2.24) is 0 Å². The second-order valence-corrected chi connectivity index (χ2v) is 13.0. The fraction of sp³-hybridized carbons (Fsp3) is 0.762. The van der Waals surface area contributed by atoms with Gasteiger partial charge in [0.2, 0.25) is 0 Å². The SMILES string of the molecule is CCCCC/C=C\C/C=C\CCCCCCCC(=O)OC(CO)CO.CCCCC/C=C\C/C=C\CCCCCCCC(=O)OCC(O)CO. The fourth-order valence-electron chi connectivity index (χ4n) is 4.85. The summed E-state index contributed by atoms with van der Waals surface area (Å²) in [6, 6.07) is 0. The Balaban J connectivity index is 0. The molecule has 0 aromatic heterocycles. The second kappa shape index (κ2) is 42.9. The molecule has 1 atom stereocenters. The van der Waals surface area contributed by atoms with Crippen molar-refractivity contribution in [3.05, 3.63) is 48.6 Å². The third kappa shape index (κ3) is 41.9. The number of allylic oxidation sites excluding steroid dienone is 8. The van der Waals surface area contributed by atoms with E-state index in [0.29, 0.717) is 12.8 Å². The van der Waals surface area contributed by atoms with Crippen LogP contribution in [0, 0.1) is 0 Å². The van der Waals surface area contributed by atoms with Crippen molar-refractivity contribution in [3.63, 3.8) is 0 Å². The summed E-state index contributed by atoms with van der Waals surface area (Å²) < 4.78 is 9.76. The molecule has 0 aliphatic heterocycles. The topological polar surface area (TPSA) is 134 Å². The molecule has 50 heavy (non-hydrogen) atoms. The lowest BCUT2D eigenvalue weighted by molar-refractivity contribution is -0.153. The summed E-state index contributed by atoms with van der Waals surface area (Å²) in [6.45, 7) is 3.31. The van der Waals surface area contributed by atoms with Crippen LogP contribution in [-0.4, -0.2) is 71.0 Å². The first-order chi connectivity index (χ1) is 24.4. The number of aliphatic hydroxyl groups excluding tert-OH is 4. The molecule has 0 saturated carbocycles. The van der Waals surface area contributed by atoms with E-state index in [1.807, 2.05) is 0 Å². The van der Waals surface area contributed by atoms with Gasteiger partial charge in [0.15, 0.2) is 0 Å². The molecule has 0 bridgehead atoms. The third-order valence-electron chi connectivity index (χ3n) is 8.02. The highest BCUT2D eigenvalue weighted by atomic mass is 16.6. The zero-order valence-corrected chi connectivity index (χ0v) is 32.0. The van der Waals surface area contributed by atoms with Crippen molar-refractivity contribution in [2.45, 2.75) is 180 Å². The summed E-state index contributed by atoms with van der Waals surface area (Å²) >= 11 is 0. The van der Waals surface area contributed by atoms with Gasteiger partial charge in [0.1, 0.15) is 18.8 Å². The highest BCUT2D eigenvalue weighted by Crippen LogP contribution is 2.10. The van der Waals surface area contributed by atoms with Gasteiger partial charge in [0.25, 0.3) is 0 Å². The molecule has 0 aromatic rings. The van der Waals surface area contributed by atoms with Crippen molar-refractivity contribution < 1.29 is 39.5 Å². The summed E-state index contributed by atoms with van der Waals surface area (Å²) in [4.78, 5) is 22.8. The lowest BCUT2D eigenvalue weighted by atomic mass is 10.1. The van der Waals surface area contributed by atoms with Crippen LogP contribution in [0.3, 0.4) is 0 Å². The summed E-state index contributed by atoms with van der Waals surface area (Å²) in [7, 11) is 0. The van der Waals surface area contributed by atoms with Crippen LogP contribution in [-0.2, 0) is 19.1 Å². The Morgan fingerprint density at radius 2 is 0.880 bits per heavy atom. The maximum Gasteiger partial charge on any atom is 0.306 e. The van der Waals surface area contributed by atoms with Gasteiger partial charge in [0.05, 0.1) is 19.8 Å². The molecule has 4 N–H and O–H groups in total. The Morgan fingerprint density at radius 3 is 1.28 bits per heavy atom. The maximum atomic E-state index is 11.4. The number of carbonyl (C=O) groups is 2. The van der Waals surface area contributed by atoms with Crippen LogP contribution < -0.4 is 0 Å². The van der Waals surface area contributed by atoms with E-state index in [4.69, 9.17) is 29.9 Å². The summed E-state index contributed by atoms with van der Waals surface area (Å²) in [5.41, 5.74) is 0. The van der Waals surface area contributed by atoms with Crippen LogP contribution >= 0.6 is 0 Å². The molecule has 0 spiro atoms. The molecule has 0 radical (unpaired) electrons. The minimum atomic E-state index is -0.964. The first kappa shape index (κ1) is 49.9. The van der Waals surface area contributed by atoms with E-state index in [1.54, 1.807) is 0 Å². The van der Waals surface area contributed by atoms with Crippen molar-refractivity contribution in [1.29, 1.82) is 0 Å².